The first kappa shape index (κ1) is 18.1. The second-order valence-corrected chi connectivity index (χ2v) is 7.36. The number of methoxy groups -OCH3 is 1. The fraction of sp³-hybridized carbons (Fsp3) is 0.737. The summed E-state index contributed by atoms with van der Waals surface area (Å²) in [6.07, 6.45) is 10.3. The lowest BCUT2D eigenvalue weighted by molar-refractivity contribution is 0.0681. The van der Waals surface area contributed by atoms with E-state index in [1.807, 2.05) is 0 Å². The van der Waals surface area contributed by atoms with Gasteiger partial charge in [0.1, 0.15) is 6.07 Å². The molecular weight excluding hydrogens is 316 g/mol. The molecule has 0 aliphatic heterocycles. The summed E-state index contributed by atoms with van der Waals surface area (Å²) in [5.41, 5.74) is 1.37. The van der Waals surface area contributed by atoms with Crippen LogP contribution in [0.5, 0.6) is 0 Å². The van der Waals surface area contributed by atoms with E-state index in [0.717, 1.165) is 57.1 Å². The lowest BCUT2D eigenvalue weighted by atomic mass is 9.91. The maximum Gasteiger partial charge on any atom is 0.223 e. The molecule has 0 aromatic carbocycles. The molecule has 0 radical (unpaired) electrons. The van der Waals surface area contributed by atoms with Crippen molar-refractivity contribution < 1.29 is 9.84 Å². The van der Waals surface area contributed by atoms with Crippen LogP contribution in [0.4, 0.5) is 5.95 Å². The number of anilines is 1. The van der Waals surface area contributed by atoms with E-state index in [1.165, 1.54) is 0 Å². The highest BCUT2D eigenvalue weighted by Crippen LogP contribution is 2.34. The van der Waals surface area contributed by atoms with Gasteiger partial charge >= 0.3 is 0 Å². The van der Waals surface area contributed by atoms with Gasteiger partial charge < -0.3 is 15.2 Å². The summed E-state index contributed by atoms with van der Waals surface area (Å²) in [5.74, 6) is 1.37. The number of nitriles is 1. The third-order valence-electron chi connectivity index (χ3n) is 5.84. The third-order valence-corrected chi connectivity index (χ3v) is 5.84. The van der Waals surface area contributed by atoms with E-state index in [2.05, 4.69) is 21.4 Å². The van der Waals surface area contributed by atoms with Crippen LogP contribution < -0.4 is 5.32 Å². The predicted octanol–water partition coefficient (Wildman–Crippen LogP) is 2.67. The van der Waals surface area contributed by atoms with E-state index in [-0.39, 0.29) is 6.61 Å². The molecule has 2 fully saturated rings. The fourth-order valence-electron chi connectivity index (χ4n) is 4.23. The summed E-state index contributed by atoms with van der Waals surface area (Å²) in [5, 5.41) is 22.3. The smallest absolute Gasteiger partial charge is 0.223 e. The van der Waals surface area contributed by atoms with E-state index in [4.69, 9.17) is 4.74 Å². The van der Waals surface area contributed by atoms with Gasteiger partial charge in [-0.2, -0.15) is 5.26 Å². The predicted molar refractivity (Wildman–Crippen MR) is 95.0 cm³/mol. The Balaban J connectivity index is 1.67. The van der Waals surface area contributed by atoms with Crippen molar-refractivity contribution in [2.75, 3.05) is 19.0 Å². The molecule has 2 N–H and O–H groups in total. The SMILES string of the molecule is COC1CCC(Nc2ncc(C#N)c(C[C@@H]3CCC[C@@H]3CO)n2)CC1. The van der Waals surface area contributed by atoms with Crippen molar-refractivity contribution in [1.82, 2.24) is 9.97 Å². The minimum Gasteiger partial charge on any atom is -0.396 e. The highest BCUT2D eigenvalue weighted by atomic mass is 16.5. The van der Waals surface area contributed by atoms with Gasteiger partial charge in [0.05, 0.1) is 23.6 Å². The molecule has 3 rings (SSSR count). The molecular formula is C19H28N4O2. The molecule has 0 bridgehead atoms. The van der Waals surface area contributed by atoms with E-state index in [0.29, 0.717) is 35.5 Å². The van der Waals surface area contributed by atoms with E-state index < -0.39 is 0 Å². The second-order valence-electron chi connectivity index (χ2n) is 7.36. The summed E-state index contributed by atoms with van der Waals surface area (Å²) in [7, 11) is 1.77. The number of aliphatic hydroxyl groups is 1. The molecule has 0 amide bonds. The first-order valence-corrected chi connectivity index (χ1v) is 9.39. The zero-order valence-corrected chi connectivity index (χ0v) is 14.9. The molecule has 2 aliphatic rings. The molecule has 6 heteroatoms. The molecule has 1 heterocycles. The largest absolute Gasteiger partial charge is 0.396 e. The lowest BCUT2D eigenvalue weighted by Gasteiger charge is -2.28. The summed E-state index contributed by atoms with van der Waals surface area (Å²) >= 11 is 0. The van der Waals surface area contributed by atoms with Crippen molar-refractivity contribution in [1.29, 1.82) is 5.26 Å². The van der Waals surface area contributed by atoms with E-state index in [9.17, 15) is 10.4 Å². The minimum atomic E-state index is 0.228. The molecule has 136 valence electrons. The molecule has 6 nitrogen and oxygen atoms in total. The van der Waals surface area contributed by atoms with Gasteiger partial charge in [-0.05, 0) is 56.8 Å². The van der Waals surface area contributed by atoms with Crippen LogP contribution in [-0.4, -0.2) is 40.9 Å². The van der Waals surface area contributed by atoms with Gasteiger partial charge in [0.2, 0.25) is 5.95 Å². The Bertz CT molecular complexity index is 608. The van der Waals surface area contributed by atoms with Crippen LogP contribution >= 0.6 is 0 Å². The Labute approximate surface area is 149 Å². The quantitative estimate of drug-likeness (QED) is 0.824. The third kappa shape index (κ3) is 4.47. The van der Waals surface area contributed by atoms with Crippen molar-refractivity contribution in [2.45, 2.75) is 63.5 Å². The summed E-state index contributed by atoms with van der Waals surface area (Å²) in [6.45, 7) is 0.228. The molecule has 2 aliphatic carbocycles. The zero-order chi connectivity index (χ0) is 17.6. The Morgan fingerprint density at radius 2 is 2.00 bits per heavy atom. The maximum absolute atomic E-state index is 9.53. The van der Waals surface area contributed by atoms with Crippen LogP contribution in [0.2, 0.25) is 0 Å². The monoisotopic (exact) mass is 344 g/mol. The van der Waals surface area contributed by atoms with Crippen LogP contribution in [0.3, 0.4) is 0 Å². The number of rotatable bonds is 6. The molecule has 0 saturated heterocycles. The van der Waals surface area contributed by atoms with E-state index in [1.54, 1.807) is 13.3 Å². The molecule has 1 aromatic heterocycles. The number of aromatic nitrogens is 2. The average Bonchev–Trinajstić information content (AvgIpc) is 3.10. The molecule has 2 atom stereocenters. The first-order valence-electron chi connectivity index (χ1n) is 9.39. The molecule has 0 spiro atoms. The number of ether oxygens (including phenoxy) is 1. The van der Waals surface area contributed by atoms with Crippen LogP contribution in [0, 0.1) is 23.2 Å². The van der Waals surface area contributed by atoms with Crippen molar-refractivity contribution in [2.24, 2.45) is 11.8 Å². The van der Waals surface area contributed by atoms with Crippen LogP contribution in [0.25, 0.3) is 0 Å². The maximum atomic E-state index is 9.53. The summed E-state index contributed by atoms with van der Waals surface area (Å²) < 4.78 is 5.42. The van der Waals surface area contributed by atoms with Crippen LogP contribution in [0.15, 0.2) is 6.20 Å². The van der Waals surface area contributed by atoms with Crippen molar-refractivity contribution in [3.8, 4) is 6.07 Å². The van der Waals surface area contributed by atoms with Crippen molar-refractivity contribution in [3.63, 3.8) is 0 Å². The van der Waals surface area contributed by atoms with Gasteiger partial charge in [-0.3, -0.25) is 0 Å². The molecule has 2 saturated carbocycles. The first-order chi connectivity index (χ1) is 12.2. The fourth-order valence-corrected chi connectivity index (χ4v) is 4.23. The average molecular weight is 344 g/mol. The van der Waals surface area contributed by atoms with Gasteiger partial charge in [-0.15, -0.1) is 0 Å². The van der Waals surface area contributed by atoms with Crippen LogP contribution in [0.1, 0.15) is 56.2 Å². The van der Waals surface area contributed by atoms with Gasteiger partial charge in [0, 0.05) is 19.8 Å². The van der Waals surface area contributed by atoms with Gasteiger partial charge in [-0.25, -0.2) is 9.97 Å². The number of aliphatic hydroxyl groups excluding tert-OH is 1. The van der Waals surface area contributed by atoms with Gasteiger partial charge in [0.25, 0.3) is 0 Å². The van der Waals surface area contributed by atoms with Crippen molar-refractivity contribution >= 4 is 5.95 Å². The number of nitrogens with zero attached hydrogens (tertiary/aromatic N) is 3. The number of hydrogen-bond acceptors (Lipinski definition) is 6. The normalized spacial score (nSPS) is 29.3. The molecule has 0 unspecified atom stereocenters. The van der Waals surface area contributed by atoms with Gasteiger partial charge in [-0.1, -0.05) is 6.42 Å². The molecule has 1 aromatic rings. The number of nitrogens with one attached hydrogen (secondary N) is 1. The number of hydrogen-bond donors (Lipinski definition) is 2. The Hall–Kier alpha value is -1.71. The standard InChI is InChI=1S/C19H28N4O2/c1-25-17-7-5-16(6-8-17)22-19-21-11-15(10-20)18(23-19)9-13-3-2-4-14(13)12-24/h11,13-14,16-17,24H,2-9,12H2,1H3,(H,21,22,23)/t13-,14+,16?,17?/m0/s1. The lowest BCUT2D eigenvalue weighted by Crippen LogP contribution is -2.30. The topological polar surface area (TPSA) is 91.1 Å². The molecule has 25 heavy (non-hydrogen) atoms. The summed E-state index contributed by atoms with van der Waals surface area (Å²) in [6, 6.07) is 2.58. The zero-order valence-electron chi connectivity index (χ0n) is 14.9. The Morgan fingerprint density at radius 3 is 2.68 bits per heavy atom. The highest BCUT2D eigenvalue weighted by molar-refractivity contribution is 5.37. The van der Waals surface area contributed by atoms with Crippen molar-refractivity contribution in [3.05, 3.63) is 17.5 Å². The second kappa shape index (κ2) is 8.59. The highest BCUT2D eigenvalue weighted by Gasteiger charge is 2.28. The minimum absolute atomic E-state index is 0.228. The van der Waals surface area contributed by atoms with Crippen LogP contribution in [-0.2, 0) is 11.2 Å². The van der Waals surface area contributed by atoms with E-state index >= 15 is 0 Å². The Kier molecular flexibility index (Phi) is 6.22. The Morgan fingerprint density at radius 1 is 1.24 bits per heavy atom. The van der Waals surface area contributed by atoms with Gasteiger partial charge in [0.15, 0.2) is 0 Å². The summed E-state index contributed by atoms with van der Waals surface area (Å²) in [4.78, 5) is 8.98.